The Bertz CT molecular complexity index is 1610. The van der Waals surface area contributed by atoms with Crippen LogP contribution in [0.3, 0.4) is 0 Å². The van der Waals surface area contributed by atoms with Crippen LogP contribution in [0.25, 0.3) is 22.3 Å². The zero-order valence-electron chi connectivity index (χ0n) is 21.3. The van der Waals surface area contributed by atoms with Gasteiger partial charge in [-0.3, -0.25) is 4.79 Å². The Balaban J connectivity index is 0.000000282. The topological polar surface area (TPSA) is 143 Å². The Morgan fingerprint density at radius 2 is 1.92 bits per heavy atom. The summed E-state index contributed by atoms with van der Waals surface area (Å²) in [6.45, 7) is 6.00. The molecule has 0 saturated heterocycles. The number of hydrogen-bond donors (Lipinski definition) is 3. The average molecular weight is 522 g/mol. The number of aromatic amines is 1. The minimum absolute atomic E-state index is 0.0451. The predicted octanol–water partition coefficient (Wildman–Crippen LogP) is 2.77. The number of H-pyrrole nitrogens is 1. The van der Waals surface area contributed by atoms with E-state index in [1.807, 2.05) is 13.8 Å². The molecule has 1 atom stereocenters. The van der Waals surface area contributed by atoms with Gasteiger partial charge in [0.2, 0.25) is 0 Å². The number of carbonyl (C=O) groups is 1. The number of pyridine rings is 2. The van der Waals surface area contributed by atoms with E-state index in [2.05, 4.69) is 15.4 Å². The van der Waals surface area contributed by atoms with Gasteiger partial charge < -0.3 is 19.5 Å². The number of rotatable bonds is 1. The van der Waals surface area contributed by atoms with Crippen LogP contribution in [-0.4, -0.2) is 41.1 Å². The molecule has 5 heterocycles. The Hall–Kier alpha value is -3.96. The molecule has 1 aliphatic carbocycles. The van der Waals surface area contributed by atoms with Gasteiger partial charge >= 0.3 is 5.97 Å². The fourth-order valence-electron chi connectivity index (χ4n) is 5.37. The van der Waals surface area contributed by atoms with E-state index in [4.69, 9.17) is 14.8 Å². The molecule has 38 heavy (non-hydrogen) atoms. The molecule has 198 valence electrons. The van der Waals surface area contributed by atoms with Crippen LogP contribution in [0.4, 0.5) is 4.39 Å². The molecule has 0 radical (unpaired) electrons. The number of halogens is 1. The van der Waals surface area contributed by atoms with Gasteiger partial charge in [0.15, 0.2) is 6.10 Å². The third-order valence-corrected chi connectivity index (χ3v) is 7.17. The van der Waals surface area contributed by atoms with Crippen molar-refractivity contribution in [1.82, 2.24) is 25.0 Å². The quantitative estimate of drug-likeness (QED) is 0.286. The van der Waals surface area contributed by atoms with Crippen LogP contribution in [0.5, 0.6) is 0 Å². The zero-order chi connectivity index (χ0) is 27.1. The third kappa shape index (κ3) is 3.98. The maximum Gasteiger partial charge on any atom is 0.340 e. The Kier molecular flexibility index (Phi) is 6.80. The van der Waals surface area contributed by atoms with Crippen molar-refractivity contribution in [3.05, 3.63) is 73.6 Å². The molecule has 0 fully saturated rings. The molecular formula is C27H28FN5O5. The number of nitrogens with zero attached hydrogens (tertiary/aromatic N) is 4. The predicted molar refractivity (Wildman–Crippen MR) is 136 cm³/mol. The van der Waals surface area contributed by atoms with E-state index < -0.39 is 12.1 Å². The number of aliphatic hydroxyl groups is 2. The Morgan fingerprint density at radius 1 is 1.16 bits per heavy atom. The van der Waals surface area contributed by atoms with Crippen LogP contribution in [0.15, 0.2) is 23.1 Å². The van der Waals surface area contributed by atoms with E-state index in [9.17, 15) is 19.1 Å². The zero-order valence-corrected chi connectivity index (χ0v) is 21.3. The largest absolute Gasteiger partial charge is 0.458 e. The van der Waals surface area contributed by atoms with E-state index in [0.717, 1.165) is 41.3 Å². The van der Waals surface area contributed by atoms with Crippen LogP contribution in [0.2, 0.25) is 0 Å². The van der Waals surface area contributed by atoms with Crippen molar-refractivity contribution in [3.63, 3.8) is 0 Å². The number of aliphatic hydroxyl groups excluding tert-OH is 2. The number of benzene rings is 1. The van der Waals surface area contributed by atoms with Gasteiger partial charge in [-0.15, -0.1) is 0 Å². The van der Waals surface area contributed by atoms with E-state index in [0.29, 0.717) is 40.3 Å². The summed E-state index contributed by atoms with van der Waals surface area (Å²) in [4.78, 5) is 29.6. The van der Waals surface area contributed by atoms with Crippen LogP contribution >= 0.6 is 0 Å². The molecule has 3 N–H and O–H groups in total. The Morgan fingerprint density at radius 3 is 2.61 bits per heavy atom. The number of aryl methyl sites for hydroxylation is 2. The van der Waals surface area contributed by atoms with E-state index in [1.54, 1.807) is 17.6 Å². The lowest BCUT2D eigenvalue weighted by Crippen LogP contribution is -2.32. The first kappa shape index (κ1) is 25.7. The number of carbonyl (C=O) groups excluding carboxylic acids is 1. The first-order valence-corrected chi connectivity index (χ1v) is 12.6. The minimum Gasteiger partial charge on any atom is -0.458 e. The molecule has 2 aliphatic heterocycles. The number of hydrogen-bond acceptors (Lipinski definition) is 8. The highest BCUT2D eigenvalue weighted by atomic mass is 19.1. The SMILES string of the molecule is CC.Cc1c(F)cc2nc3c(c4c2c1CCC4)Cn1c-3cc2c(c1=O)COC(=O)C2O.OCc1cn[nH]n1. The van der Waals surface area contributed by atoms with Gasteiger partial charge in [-0.25, -0.2) is 14.2 Å². The Labute approximate surface area is 217 Å². The van der Waals surface area contributed by atoms with Crippen molar-refractivity contribution >= 4 is 16.9 Å². The van der Waals surface area contributed by atoms with Gasteiger partial charge in [-0.1, -0.05) is 13.8 Å². The van der Waals surface area contributed by atoms with Crippen LogP contribution < -0.4 is 5.56 Å². The molecule has 0 bridgehead atoms. The molecule has 3 aromatic heterocycles. The first-order valence-electron chi connectivity index (χ1n) is 12.6. The fourth-order valence-corrected chi connectivity index (χ4v) is 5.37. The van der Waals surface area contributed by atoms with Crippen LogP contribution in [0, 0.1) is 12.7 Å². The molecule has 10 nitrogen and oxygen atoms in total. The molecule has 0 amide bonds. The molecule has 1 unspecified atom stereocenters. The molecule has 3 aliphatic rings. The summed E-state index contributed by atoms with van der Waals surface area (Å²) in [6, 6.07) is 3.13. The second-order valence-corrected chi connectivity index (χ2v) is 9.11. The monoisotopic (exact) mass is 521 g/mol. The molecule has 11 heteroatoms. The third-order valence-electron chi connectivity index (χ3n) is 7.17. The van der Waals surface area contributed by atoms with Gasteiger partial charge in [-0.05, 0) is 48.9 Å². The van der Waals surface area contributed by atoms with Crippen molar-refractivity contribution in [2.45, 2.75) is 65.9 Å². The summed E-state index contributed by atoms with van der Waals surface area (Å²) in [5.74, 6) is -1.03. The van der Waals surface area contributed by atoms with Crippen LogP contribution in [-0.2, 0) is 42.1 Å². The van der Waals surface area contributed by atoms with Gasteiger partial charge in [0.25, 0.3) is 5.56 Å². The van der Waals surface area contributed by atoms with Gasteiger partial charge in [0.05, 0.1) is 41.8 Å². The second kappa shape index (κ2) is 10.1. The lowest BCUT2D eigenvalue weighted by Gasteiger charge is -2.22. The highest BCUT2D eigenvalue weighted by Crippen LogP contribution is 2.41. The summed E-state index contributed by atoms with van der Waals surface area (Å²) in [5.41, 5.74) is 6.43. The van der Waals surface area contributed by atoms with Crippen molar-refractivity contribution < 1.29 is 24.1 Å². The maximum absolute atomic E-state index is 14.5. The summed E-state index contributed by atoms with van der Waals surface area (Å²) in [6.07, 6.45) is 2.59. The first-order chi connectivity index (χ1) is 18.4. The van der Waals surface area contributed by atoms with Crippen molar-refractivity contribution in [1.29, 1.82) is 0 Å². The molecule has 0 saturated carbocycles. The van der Waals surface area contributed by atoms with Crippen molar-refractivity contribution in [3.8, 4) is 11.4 Å². The van der Waals surface area contributed by atoms with E-state index in [1.165, 1.54) is 12.3 Å². The number of esters is 1. The number of aromatic nitrogens is 5. The molecule has 1 aromatic carbocycles. The lowest BCUT2D eigenvalue weighted by atomic mass is 9.85. The average Bonchev–Trinajstić information content (AvgIpc) is 3.60. The molecule has 7 rings (SSSR count). The standard InChI is InChI=1S/C22H17FN2O4.C3H5N3O.C2H6/c1-9-10-3-2-4-11-13-7-25-17(19(13)24-16(18(10)11)6-15(9)23)5-12-14(21(25)27)8-29-22(28)20(12)26;7-2-3-1-4-6-5-3;1-2/h5-6,20,26H,2-4,7-8H2,1H3;1,7H,2H2,(H,4,5,6);1-2H3. The summed E-state index contributed by atoms with van der Waals surface area (Å²) in [5, 5.41) is 28.9. The fraction of sp³-hybridized carbons (Fsp3) is 0.370. The smallest absolute Gasteiger partial charge is 0.340 e. The second-order valence-electron chi connectivity index (χ2n) is 9.11. The normalized spacial score (nSPS) is 16.4. The summed E-state index contributed by atoms with van der Waals surface area (Å²) in [7, 11) is 0. The van der Waals surface area contributed by atoms with Gasteiger partial charge in [-0.2, -0.15) is 15.4 Å². The van der Waals surface area contributed by atoms with Crippen molar-refractivity contribution in [2.24, 2.45) is 0 Å². The maximum atomic E-state index is 14.5. The summed E-state index contributed by atoms with van der Waals surface area (Å²) < 4.78 is 21.1. The molecular weight excluding hydrogens is 493 g/mol. The minimum atomic E-state index is -1.48. The number of cyclic esters (lactones) is 1. The number of ether oxygens (including phenoxy) is 1. The number of fused-ring (bicyclic) bond motifs is 5. The van der Waals surface area contributed by atoms with E-state index >= 15 is 0 Å². The van der Waals surface area contributed by atoms with Crippen molar-refractivity contribution in [2.75, 3.05) is 0 Å². The molecule has 0 spiro atoms. The van der Waals surface area contributed by atoms with E-state index in [-0.39, 0.29) is 30.2 Å². The van der Waals surface area contributed by atoms with Crippen LogP contribution in [0.1, 0.15) is 65.4 Å². The summed E-state index contributed by atoms with van der Waals surface area (Å²) >= 11 is 0. The highest BCUT2D eigenvalue weighted by molar-refractivity contribution is 5.92. The van der Waals surface area contributed by atoms with Gasteiger partial charge in [0, 0.05) is 22.6 Å². The number of nitrogens with one attached hydrogen (secondary N) is 1. The highest BCUT2D eigenvalue weighted by Gasteiger charge is 2.35. The molecule has 4 aromatic rings. The van der Waals surface area contributed by atoms with Gasteiger partial charge in [0.1, 0.15) is 18.1 Å². The lowest BCUT2D eigenvalue weighted by molar-refractivity contribution is -0.157.